The van der Waals surface area contributed by atoms with E-state index in [1.807, 2.05) is 6.92 Å². The van der Waals surface area contributed by atoms with Crippen LogP contribution in [-0.2, 0) is 13.1 Å². The van der Waals surface area contributed by atoms with E-state index < -0.39 is 6.61 Å². The fourth-order valence-electron chi connectivity index (χ4n) is 1.80. The Kier molecular flexibility index (Phi) is 5.34. The van der Waals surface area contributed by atoms with Gasteiger partial charge in [0.2, 0.25) is 0 Å². The molecule has 0 radical (unpaired) electrons. The molecule has 0 bridgehead atoms. The van der Waals surface area contributed by atoms with Gasteiger partial charge in [-0.25, -0.2) is 0 Å². The second-order valence-electron chi connectivity index (χ2n) is 4.31. The fourth-order valence-corrected chi connectivity index (χ4v) is 2.85. The summed E-state index contributed by atoms with van der Waals surface area (Å²) in [7, 11) is 0. The van der Waals surface area contributed by atoms with Crippen molar-refractivity contribution in [2.45, 2.75) is 26.6 Å². The smallest absolute Gasteiger partial charge is 0.387 e. The number of hydrogen-bond donors (Lipinski definition) is 1. The Bertz CT molecular complexity index is 574. The fraction of sp³-hybridized carbons (Fsp3) is 0.286. The van der Waals surface area contributed by atoms with Crippen LogP contribution >= 0.6 is 22.9 Å². The summed E-state index contributed by atoms with van der Waals surface area (Å²) in [5, 5.41) is 7.84. The molecule has 2 nitrogen and oxygen atoms in total. The zero-order valence-corrected chi connectivity index (χ0v) is 12.4. The van der Waals surface area contributed by atoms with E-state index >= 15 is 0 Å². The molecular weight excluding hydrogens is 304 g/mol. The number of halogens is 3. The number of thiophene rings is 1. The predicted octanol–water partition coefficient (Wildman–Crippen LogP) is 4.60. The number of hydrogen-bond acceptors (Lipinski definition) is 3. The third-order valence-electron chi connectivity index (χ3n) is 2.83. The molecule has 2 rings (SSSR count). The molecule has 0 fully saturated rings. The Balaban J connectivity index is 2.01. The van der Waals surface area contributed by atoms with Gasteiger partial charge in [0.25, 0.3) is 0 Å². The number of nitrogens with one attached hydrogen (secondary N) is 1. The van der Waals surface area contributed by atoms with Crippen molar-refractivity contribution in [2.24, 2.45) is 0 Å². The zero-order chi connectivity index (χ0) is 14.5. The van der Waals surface area contributed by atoms with Crippen LogP contribution in [0.1, 0.15) is 16.7 Å². The first-order valence-corrected chi connectivity index (χ1v) is 7.34. The van der Waals surface area contributed by atoms with Crippen LogP contribution < -0.4 is 10.1 Å². The molecule has 0 saturated carbocycles. The molecule has 0 amide bonds. The molecule has 0 atom stereocenters. The highest BCUT2D eigenvalue weighted by Crippen LogP contribution is 2.24. The van der Waals surface area contributed by atoms with E-state index in [0.717, 1.165) is 0 Å². The molecule has 1 aromatic heterocycles. The second-order valence-corrected chi connectivity index (χ2v) is 5.49. The van der Waals surface area contributed by atoms with Crippen LogP contribution in [-0.4, -0.2) is 6.61 Å². The molecule has 6 heteroatoms. The molecular formula is C14H14ClF2NOS. The van der Waals surface area contributed by atoms with Gasteiger partial charge in [0.1, 0.15) is 5.75 Å². The van der Waals surface area contributed by atoms with Crippen LogP contribution in [0, 0.1) is 6.92 Å². The lowest BCUT2D eigenvalue weighted by Gasteiger charge is -2.12. The summed E-state index contributed by atoms with van der Waals surface area (Å²) in [6, 6.07) is 4.62. The summed E-state index contributed by atoms with van der Waals surface area (Å²) in [6.07, 6.45) is 0. The van der Waals surface area contributed by atoms with Gasteiger partial charge in [-0.2, -0.15) is 20.1 Å². The number of ether oxygens (including phenoxy) is 1. The minimum Gasteiger partial charge on any atom is -0.434 e. The van der Waals surface area contributed by atoms with E-state index in [-0.39, 0.29) is 5.75 Å². The molecule has 0 unspecified atom stereocenters. The van der Waals surface area contributed by atoms with Gasteiger partial charge < -0.3 is 10.1 Å². The third kappa shape index (κ3) is 4.16. The molecule has 108 valence electrons. The maximum Gasteiger partial charge on any atom is 0.387 e. The van der Waals surface area contributed by atoms with Crippen LogP contribution in [0.15, 0.2) is 29.0 Å². The monoisotopic (exact) mass is 317 g/mol. The summed E-state index contributed by atoms with van der Waals surface area (Å²) >= 11 is 7.53. The molecule has 1 N–H and O–H groups in total. The molecule has 1 heterocycles. The van der Waals surface area contributed by atoms with E-state index in [9.17, 15) is 8.78 Å². The predicted molar refractivity (Wildman–Crippen MR) is 77.7 cm³/mol. The number of aryl methyl sites for hydroxylation is 1. The summed E-state index contributed by atoms with van der Waals surface area (Å²) < 4.78 is 29.1. The molecule has 0 aliphatic carbocycles. The van der Waals surface area contributed by atoms with Crippen molar-refractivity contribution in [3.63, 3.8) is 0 Å². The van der Waals surface area contributed by atoms with Crippen LogP contribution in [0.3, 0.4) is 0 Å². The van der Waals surface area contributed by atoms with Crippen molar-refractivity contribution < 1.29 is 13.5 Å². The number of rotatable bonds is 6. The SMILES string of the molecule is Cc1cscc1CNCc1cc(Cl)ccc1OC(F)F. The third-order valence-corrected chi connectivity index (χ3v) is 3.98. The summed E-state index contributed by atoms with van der Waals surface area (Å²) in [4.78, 5) is 0. The van der Waals surface area contributed by atoms with E-state index in [4.69, 9.17) is 11.6 Å². The summed E-state index contributed by atoms with van der Waals surface area (Å²) in [5.74, 6) is 0.152. The normalized spacial score (nSPS) is 11.1. The largest absolute Gasteiger partial charge is 0.434 e. The molecule has 20 heavy (non-hydrogen) atoms. The topological polar surface area (TPSA) is 21.3 Å². The van der Waals surface area contributed by atoms with Gasteiger partial charge in [0, 0.05) is 23.7 Å². The highest BCUT2D eigenvalue weighted by Gasteiger charge is 2.10. The maximum atomic E-state index is 12.3. The minimum absolute atomic E-state index is 0.152. The van der Waals surface area contributed by atoms with Gasteiger partial charge in [-0.05, 0) is 47.0 Å². The first-order chi connectivity index (χ1) is 9.56. The van der Waals surface area contributed by atoms with Gasteiger partial charge in [0.15, 0.2) is 0 Å². The van der Waals surface area contributed by atoms with Gasteiger partial charge in [-0.3, -0.25) is 0 Å². The van der Waals surface area contributed by atoms with Crippen molar-refractivity contribution in [1.29, 1.82) is 0 Å². The minimum atomic E-state index is -2.84. The van der Waals surface area contributed by atoms with Crippen LogP contribution in [0.5, 0.6) is 5.75 Å². The maximum absolute atomic E-state index is 12.3. The Morgan fingerprint density at radius 3 is 2.65 bits per heavy atom. The van der Waals surface area contributed by atoms with Crippen molar-refractivity contribution >= 4 is 22.9 Å². The standard InChI is InChI=1S/C14H14ClF2NOS/c1-9-7-20-8-11(9)6-18-5-10-4-12(15)2-3-13(10)19-14(16)17/h2-4,7-8,14,18H,5-6H2,1H3. The van der Waals surface area contributed by atoms with Crippen LogP contribution in [0.2, 0.25) is 5.02 Å². The van der Waals surface area contributed by atoms with Gasteiger partial charge in [0.05, 0.1) is 0 Å². The van der Waals surface area contributed by atoms with E-state index in [1.165, 1.54) is 23.3 Å². The van der Waals surface area contributed by atoms with Gasteiger partial charge in [-0.15, -0.1) is 0 Å². The highest BCUT2D eigenvalue weighted by atomic mass is 35.5. The first kappa shape index (κ1) is 15.2. The Labute approximate surface area is 125 Å². The molecule has 0 spiro atoms. The van der Waals surface area contributed by atoms with E-state index in [2.05, 4.69) is 20.8 Å². The Morgan fingerprint density at radius 2 is 2.00 bits per heavy atom. The molecule has 0 aliphatic heterocycles. The molecule has 2 aromatic rings. The average Bonchev–Trinajstić information content (AvgIpc) is 2.78. The van der Waals surface area contributed by atoms with Crippen molar-refractivity contribution in [2.75, 3.05) is 0 Å². The van der Waals surface area contributed by atoms with E-state index in [0.29, 0.717) is 23.7 Å². The van der Waals surface area contributed by atoms with Gasteiger partial charge >= 0.3 is 6.61 Å². The van der Waals surface area contributed by atoms with Crippen molar-refractivity contribution in [1.82, 2.24) is 5.32 Å². The Hall–Kier alpha value is -1.17. The lowest BCUT2D eigenvalue weighted by molar-refractivity contribution is -0.0505. The van der Waals surface area contributed by atoms with Crippen LogP contribution in [0.4, 0.5) is 8.78 Å². The van der Waals surface area contributed by atoms with E-state index in [1.54, 1.807) is 17.4 Å². The van der Waals surface area contributed by atoms with Gasteiger partial charge in [-0.1, -0.05) is 11.6 Å². The zero-order valence-electron chi connectivity index (χ0n) is 10.8. The van der Waals surface area contributed by atoms with Crippen LogP contribution in [0.25, 0.3) is 0 Å². The number of benzene rings is 1. The summed E-state index contributed by atoms with van der Waals surface area (Å²) in [6.45, 7) is 0.292. The average molecular weight is 318 g/mol. The summed E-state index contributed by atoms with van der Waals surface area (Å²) in [5.41, 5.74) is 3.04. The molecule has 0 aliphatic rings. The van der Waals surface area contributed by atoms with Crippen molar-refractivity contribution in [3.8, 4) is 5.75 Å². The molecule has 0 saturated heterocycles. The lowest BCUT2D eigenvalue weighted by atomic mass is 10.2. The number of alkyl halides is 2. The highest BCUT2D eigenvalue weighted by molar-refractivity contribution is 7.08. The second kappa shape index (κ2) is 7.02. The lowest BCUT2D eigenvalue weighted by Crippen LogP contribution is -2.14. The quantitative estimate of drug-likeness (QED) is 0.840. The first-order valence-electron chi connectivity index (χ1n) is 6.02. The molecule has 1 aromatic carbocycles. The van der Waals surface area contributed by atoms with Crippen molar-refractivity contribution in [3.05, 3.63) is 50.7 Å². The Morgan fingerprint density at radius 1 is 1.25 bits per heavy atom.